The van der Waals surface area contributed by atoms with E-state index in [2.05, 4.69) is 47.0 Å². The van der Waals surface area contributed by atoms with Crippen LogP contribution in [0.3, 0.4) is 0 Å². The summed E-state index contributed by atoms with van der Waals surface area (Å²) in [6.07, 6.45) is 3.32. The number of carbonyl (C=O) groups excluding carboxylic acids is 1. The Kier molecular flexibility index (Phi) is 5.77. The lowest BCUT2D eigenvalue weighted by atomic mass is 10.0. The third-order valence-corrected chi connectivity index (χ3v) is 7.85. The molecular formula is C29H34N6O2. The van der Waals surface area contributed by atoms with Crippen LogP contribution in [0.15, 0.2) is 30.3 Å². The topological polar surface area (TPSA) is 86.9 Å². The highest BCUT2D eigenvalue weighted by atomic mass is 16.5. The van der Waals surface area contributed by atoms with Gasteiger partial charge in [-0.1, -0.05) is 19.9 Å². The van der Waals surface area contributed by atoms with Gasteiger partial charge in [-0.3, -0.25) is 15.1 Å². The molecule has 4 heterocycles. The lowest BCUT2D eigenvalue weighted by Crippen LogP contribution is -2.18. The summed E-state index contributed by atoms with van der Waals surface area (Å²) in [5, 5.41) is 7.75. The van der Waals surface area contributed by atoms with Gasteiger partial charge >= 0.3 is 0 Å². The minimum absolute atomic E-state index is 0.199. The van der Waals surface area contributed by atoms with Crippen LogP contribution in [0.25, 0.3) is 22.3 Å². The second kappa shape index (κ2) is 9.01. The van der Waals surface area contributed by atoms with Gasteiger partial charge in [0.05, 0.1) is 34.6 Å². The number of hydrogen-bond acceptors (Lipinski definition) is 5. The van der Waals surface area contributed by atoms with Crippen molar-refractivity contribution >= 4 is 22.9 Å². The number of aryl methyl sites for hydroxylation is 3. The van der Waals surface area contributed by atoms with Crippen LogP contribution < -0.4 is 10.1 Å². The number of amides is 1. The van der Waals surface area contributed by atoms with Crippen molar-refractivity contribution in [1.82, 2.24) is 24.3 Å². The molecule has 1 aliphatic heterocycles. The van der Waals surface area contributed by atoms with E-state index in [-0.39, 0.29) is 5.91 Å². The van der Waals surface area contributed by atoms with Crippen molar-refractivity contribution in [3.05, 3.63) is 52.8 Å². The van der Waals surface area contributed by atoms with E-state index in [9.17, 15) is 4.79 Å². The molecule has 37 heavy (non-hydrogen) atoms. The molecule has 192 valence electrons. The van der Waals surface area contributed by atoms with Crippen LogP contribution in [-0.2, 0) is 13.6 Å². The first-order valence-corrected chi connectivity index (χ1v) is 13.2. The smallest absolute Gasteiger partial charge is 0.258 e. The van der Waals surface area contributed by atoms with E-state index in [0.29, 0.717) is 47.4 Å². The van der Waals surface area contributed by atoms with Gasteiger partial charge in [0.2, 0.25) is 11.8 Å². The number of carbonyl (C=O) groups is 1. The average molecular weight is 499 g/mol. The number of nitrogens with zero attached hydrogens (tertiary/aromatic N) is 5. The molecule has 0 spiro atoms. The van der Waals surface area contributed by atoms with Gasteiger partial charge in [0.1, 0.15) is 0 Å². The summed E-state index contributed by atoms with van der Waals surface area (Å²) < 4.78 is 10.4. The highest BCUT2D eigenvalue weighted by Crippen LogP contribution is 2.37. The number of aromatic nitrogens is 5. The van der Waals surface area contributed by atoms with Crippen LogP contribution in [0.1, 0.15) is 66.3 Å². The third-order valence-electron chi connectivity index (χ3n) is 7.85. The van der Waals surface area contributed by atoms with Crippen molar-refractivity contribution in [2.24, 2.45) is 18.9 Å². The Labute approximate surface area is 217 Å². The number of ether oxygens (including phenoxy) is 1. The number of pyridine rings is 1. The molecule has 8 heteroatoms. The van der Waals surface area contributed by atoms with Gasteiger partial charge < -0.3 is 9.30 Å². The minimum atomic E-state index is -0.199. The Morgan fingerprint density at radius 3 is 2.70 bits per heavy atom. The van der Waals surface area contributed by atoms with Gasteiger partial charge in [0, 0.05) is 24.8 Å². The summed E-state index contributed by atoms with van der Waals surface area (Å²) in [6.45, 7) is 9.73. The number of anilines is 1. The first kappa shape index (κ1) is 23.7. The van der Waals surface area contributed by atoms with E-state index in [1.807, 2.05) is 33.0 Å². The van der Waals surface area contributed by atoms with E-state index in [1.54, 1.807) is 4.68 Å². The van der Waals surface area contributed by atoms with Gasteiger partial charge in [0.15, 0.2) is 0 Å². The van der Waals surface area contributed by atoms with Crippen LogP contribution in [0, 0.1) is 25.7 Å². The fraction of sp³-hybridized carbons (Fsp3) is 0.448. The van der Waals surface area contributed by atoms with Crippen molar-refractivity contribution in [1.29, 1.82) is 0 Å². The zero-order valence-electron chi connectivity index (χ0n) is 22.2. The first-order valence-electron chi connectivity index (χ1n) is 13.2. The van der Waals surface area contributed by atoms with Crippen LogP contribution in [0.2, 0.25) is 0 Å². The number of benzene rings is 1. The second-order valence-corrected chi connectivity index (χ2v) is 11.0. The molecule has 3 aromatic heterocycles. The van der Waals surface area contributed by atoms with Crippen molar-refractivity contribution in [2.45, 2.75) is 59.4 Å². The molecule has 1 aliphatic carbocycles. The van der Waals surface area contributed by atoms with Crippen molar-refractivity contribution < 1.29 is 9.53 Å². The third kappa shape index (κ3) is 4.28. The number of imidazole rings is 1. The monoisotopic (exact) mass is 498 g/mol. The molecule has 4 bridgehead atoms. The molecule has 1 N–H and O–H groups in total. The number of rotatable bonds is 1. The maximum atomic E-state index is 13.6. The predicted octanol–water partition coefficient (Wildman–Crippen LogP) is 5.63. The van der Waals surface area contributed by atoms with E-state index < -0.39 is 0 Å². The van der Waals surface area contributed by atoms with E-state index in [0.717, 1.165) is 53.8 Å². The molecule has 4 aromatic rings. The standard InChI is InChI=1S/C29H34N6O2/c1-16(2)21-8-9-23-25(13-21)35-14-19-6-7-20(11-19)15-37-28-26(18(4)33-34(28)5)24-12-22(10-17(3)30-24)27(36)32-29(35)31-23/h8-10,12-13,16,19-20H,6-7,11,14-15H2,1-5H3,(H,31,32,36)/t19-,20+/m0/s1. The fourth-order valence-electron chi connectivity index (χ4n) is 5.93. The molecule has 0 unspecified atom stereocenters. The molecule has 0 radical (unpaired) electrons. The fourth-order valence-corrected chi connectivity index (χ4v) is 5.93. The van der Waals surface area contributed by atoms with Crippen LogP contribution in [-0.4, -0.2) is 36.8 Å². The van der Waals surface area contributed by atoms with Crippen molar-refractivity contribution in [2.75, 3.05) is 11.9 Å². The number of fused-ring (bicyclic) bond motifs is 9. The molecule has 1 aromatic carbocycles. The number of hydrogen-bond donors (Lipinski definition) is 1. The molecule has 8 nitrogen and oxygen atoms in total. The molecule has 2 atom stereocenters. The summed E-state index contributed by atoms with van der Waals surface area (Å²) in [5.41, 5.74) is 6.92. The van der Waals surface area contributed by atoms with Gasteiger partial charge in [-0.2, -0.15) is 5.10 Å². The predicted molar refractivity (Wildman–Crippen MR) is 144 cm³/mol. The highest BCUT2D eigenvalue weighted by Gasteiger charge is 2.29. The maximum Gasteiger partial charge on any atom is 0.258 e. The van der Waals surface area contributed by atoms with Crippen LogP contribution in [0.5, 0.6) is 5.88 Å². The van der Waals surface area contributed by atoms with Gasteiger partial charge in [-0.05, 0) is 80.7 Å². The average Bonchev–Trinajstić information content (AvgIpc) is 3.52. The Balaban J connectivity index is 1.49. The first-order chi connectivity index (χ1) is 17.8. The van der Waals surface area contributed by atoms with Crippen molar-refractivity contribution in [3.8, 4) is 17.1 Å². The summed E-state index contributed by atoms with van der Waals surface area (Å²) in [7, 11) is 1.90. The maximum absolute atomic E-state index is 13.6. The summed E-state index contributed by atoms with van der Waals surface area (Å²) in [4.78, 5) is 23.2. The largest absolute Gasteiger partial charge is 0.477 e. The van der Waals surface area contributed by atoms with E-state index >= 15 is 0 Å². The Morgan fingerprint density at radius 2 is 1.89 bits per heavy atom. The Bertz CT molecular complexity index is 1510. The highest BCUT2D eigenvalue weighted by molar-refractivity contribution is 6.05. The van der Waals surface area contributed by atoms with Gasteiger partial charge in [-0.25, -0.2) is 9.67 Å². The molecule has 6 rings (SSSR count). The molecule has 1 fully saturated rings. The molecule has 1 saturated carbocycles. The van der Waals surface area contributed by atoms with Gasteiger partial charge in [-0.15, -0.1) is 0 Å². The minimum Gasteiger partial charge on any atom is -0.477 e. The quantitative estimate of drug-likeness (QED) is 0.367. The Morgan fingerprint density at radius 1 is 1.08 bits per heavy atom. The van der Waals surface area contributed by atoms with Crippen LogP contribution in [0.4, 0.5) is 5.95 Å². The normalized spacial score (nSPS) is 19.7. The Hall–Kier alpha value is -3.68. The SMILES string of the molecule is Cc1cc2cc(n1)-c1c(C)nn(C)c1OC[C@@H]1CC[C@@H](C1)Cn1c(nc3ccc(C(C)C)cc31)NC2=O. The molecule has 2 aliphatic rings. The summed E-state index contributed by atoms with van der Waals surface area (Å²) in [5.74, 6) is 2.49. The summed E-state index contributed by atoms with van der Waals surface area (Å²) >= 11 is 0. The van der Waals surface area contributed by atoms with E-state index in [1.165, 1.54) is 5.56 Å². The lowest BCUT2D eigenvalue weighted by molar-refractivity contribution is 0.102. The zero-order chi connectivity index (χ0) is 25.8. The van der Waals surface area contributed by atoms with Crippen LogP contribution >= 0.6 is 0 Å². The zero-order valence-corrected chi connectivity index (χ0v) is 22.2. The summed E-state index contributed by atoms with van der Waals surface area (Å²) in [6, 6.07) is 10.1. The second-order valence-electron chi connectivity index (χ2n) is 11.0. The lowest BCUT2D eigenvalue weighted by Gasteiger charge is -2.16. The van der Waals surface area contributed by atoms with Gasteiger partial charge in [0.25, 0.3) is 5.91 Å². The molecular weight excluding hydrogens is 464 g/mol. The number of nitrogens with one attached hydrogen (secondary N) is 1. The molecule has 1 amide bonds. The van der Waals surface area contributed by atoms with Crippen molar-refractivity contribution in [3.63, 3.8) is 0 Å². The van der Waals surface area contributed by atoms with E-state index in [4.69, 9.17) is 14.7 Å². The molecule has 0 saturated heterocycles.